The molecule has 0 saturated carbocycles. The predicted octanol–water partition coefficient (Wildman–Crippen LogP) is 1.73. The second-order valence-corrected chi connectivity index (χ2v) is 5.64. The summed E-state index contributed by atoms with van der Waals surface area (Å²) in [4.78, 5) is 14.0. The van der Waals surface area contributed by atoms with Crippen LogP contribution in [0.3, 0.4) is 0 Å². The summed E-state index contributed by atoms with van der Waals surface area (Å²) < 4.78 is 31.2. The minimum Gasteiger partial charge on any atom is -0.379 e. The van der Waals surface area contributed by atoms with Crippen LogP contribution < -0.4 is 5.32 Å². The fourth-order valence-corrected chi connectivity index (χ4v) is 2.43. The van der Waals surface area contributed by atoms with Crippen molar-refractivity contribution in [1.29, 1.82) is 0 Å². The normalized spacial score (nSPS) is 17.2. The van der Waals surface area contributed by atoms with E-state index in [-0.39, 0.29) is 11.9 Å². The van der Waals surface area contributed by atoms with Gasteiger partial charge < -0.3 is 10.1 Å². The molecule has 6 heteroatoms. The van der Waals surface area contributed by atoms with Crippen molar-refractivity contribution in [2.75, 3.05) is 32.8 Å². The van der Waals surface area contributed by atoms with E-state index in [4.69, 9.17) is 4.74 Å². The molecule has 1 unspecified atom stereocenters. The molecule has 0 aromatic heterocycles. The van der Waals surface area contributed by atoms with E-state index in [1.165, 1.54) is 6.07 Å². The lowest BCUT2D eigenvalue weighted by molar-refractivity contribution is -0.123. The first-order valence-electron chi connectivity index (χ1n) is 7.58. The van der Waals surface area contributed by atoms with Crippen LogP contribution in [0.2, 0.25) is 0 Å². The quantitative estimate of drug-likeness (QED) is 0.870. The van der Waals surface area contributed by atoms with Crippen LogP contribution in [0.25, 0.3) is 0 Å². The van der Waals surface area contributed by atoms with E-state index >= 15 is 0 Å². The lowest BCUT2D eigenvalue weighted by Gasteiger charge is -2.26. The van der Waals surface area contributed by atoms with E-state index in [1.807, 2.05) is 6.92 Å². The molecule has 4 nitrogen and oxygen atoms in total. The number of morpholine rings is 1. The van der Waals surface area contributed by atoms with E-state index in [1.54, 1.807) is 6.07 Å². The molecule has 1 N–H and O–H groups in total. The molecule has 1 aromatic carbocycles. The summed E-state index contributed by atoms with van der Waals surface area (Å²) in [6, 6.07) is 3.90. The van der Waals surface area contributed by atoms with Gasteiger partial charge in [-0.3, -0.25) is 9.69 Å². The van der Waals surface area contributed by atoms with Crippen molar-refractivity contribution >= 4 is 5.91 Å². The molecule has 1 atom stereocenters. The van der Waals surface area contributed by atoms with Crippen molar-refractivity contribution in [3.05, 3.63) is 35.4 Å². The number of amides is 1. The first kappa shape index (κ1) is 16.8. The zero-order valence-corrected chi connectivity index (χ0v) is 12.8. The Labute approximate surface area is 129 Å². The van der Waals surface area contributed by atoms with E-state index in [0.717, 1.165) is 24.7 Å². The maximum absolute atomic E-state index is 13.1. The molecular formula is C16H22F2N2O2. The first-order chi connectivity index (χ1) is 10.5. The second kappa shape index (κ2) is 8.19. The van der Waals surface area contributed by atoms with Crippen molar-refractivity contribution in [3.63, 3.8) is 0 Å². The highest BCUT2D eigenvalue weighted by Gasteiger charge is 2.15. The van der Waals surface area contributed by atoms with Crippen molar-refractivity contribution < 1.29 is 18.3 Å². The average Bonchev–Trinajstić information content (AvgIpc) is 2.49. The Balaban J connectivity index is 1.71. The van der Waals surface area contributed by atoms with Gasteiger partial charge in [0.2, 0.25) is 5.91 Å². The van der Waals surface area contributed by atoms with Gasteiger partial charge in [0.05, 0.1) is 19.8 Å². The lowest BCUT2D eigenvalue weighted by atomic mass is 10.1. The summed E-state index contributed by atoms with van der Waals surface area (Å²) in [5.74, 6) is -1.68. The number of hydrogen-bond donors (Lipinski definition) is 1. The number of rotatable bonds is 6. The van der Waals surface area contributed by atoms with E-state index in [9.17, 15) is 13.6 Å². The van der Waals surface area contributed by atoms with Crippen molar-refractivity contribution in [2.45, 2.75) is 25.8 Å². The average molecular weight is 312 g/mol. The van der Waals surface area contributed by atoms with Gasteiger partial charge in [-0.25, -0.2) is 8.78 Å². The number of carbonyl (C=O) groups excluding carboxylic acids is 1. The molecule has 1 fully saturated rings. The molecule has 1 saturated heterocycles. The molecule has 1 amide bonds. The smallest absolute Gasteiger partial charge is 0.234 e. The minimum absolute atomic E-state index is 0.0124. The SMILES string of the molecule is CC(CCc1ccc(F)c(F)c1)NC(=O)CN1CCOCC1. The largest absolute Gasteiger partial charge is 0.379 e. The highest BCUT2D eigenvalue weighted by atomic mass is 19.2. The van der Waals surface area contributed by atoms with Gasteiger partial charge in [0.1, 0.15) is 0 Å². The number of halogens is 2. The summed E-state index contributed by atoms with van der Waals surface area (Å²) in [7, 11) is 0. The molecule has 1 heterocycles. The molecule has 1 aliphatic heterocycles. The molecule has 2 rings (SSSR count). The summed E-state index contributed by atoms with van der Waals surface area (Å²) in [6.45, 7) is 5.17. The Hall–Kier alpha value is -1.53. The Bertz CT molecular complexity index is 505. The molecule has 22 heavy (non-hydrogen) atoms. The van der Waals surface area contributed by atoms with Crippen molar-refractivity contribution in [1.82, 2.24) is 10.2 Å². The molecule has 122 valence electrons. The number of ether oxygens (including phenoxy) is 1. The molecule has 0 spiro atoms. The number of carbonyl (C=O) groups is 1. The Kier molecular flexibility index (Phi) is 6.27. The number of hydrogen-bond acceptors (Lipinski definition) is 3. The maximum Gasteiger partial charge on any atom is 0.234 e. The summed E-state index contributed by atoms with van der Waals surface area (Å²) in [5.41, 5.74) is 0.730. The second-order valence-electron chi connectivity index (χ2n) is 5.64. The first-order valence-corrected chi connectivity index (χ1v) is 7.58. The Morgan fingerprint density at radius 3 is 2.73 bits per heavy atom. The number of nitrogens with zero attached hydrogens (tertiary/aromatic N) is 1. The third-order valence-corrected chi connectivity index (χ3v) is 3.73. The number of aryl methyl sites for hydroxylation is 1. The summed E-state index contributed by atoms with van der Waals surface area (Å²) in [5, 5.41) is 2.93. The van der Waals surface area contributed by atoms with E-state index < -0.39 is 11.6 Å². The Morgan fingerprint density at radius 2 is 2.05 bits per heavy atom. The van der Waals surface area contributed by atoms with Gasteiger partial charge in [-0.15, -0.1) is 0 Å². The van der Waals surface area contributed by atoms with Gasteiger partial charge in [-0.1, -0.05) is 6.07 Å². The van der Waals surface area contributed by atoms with E-state index in [0.29, 0.717) is 32.6 Å². The monoisotopic (exact) mass is 312 g/mol. The molecule has 0 radical (unpaired) electrons. The fourth-order valence-electron chi connectivity index (χ4n) is 2.43. The minimum atomic E-state index is -0.837. The van der Waals surface area contributed by atoms with Crippen LogP contribution in [-0.2, 0) is 16.0 Å². The highest BCUT2D eigenvalue weighted by molar-refractivity contribution is 5.78. The van der Waals surface area contributed by atoms with Gasteiger partial charge in [0.25, 0.3) is 0 Å². The van der Waals surface area contributed by atoms with Gasteiger partial charge in [-0.2, -0.15) is 0 Å². The third kappa shape index (κ3) is 5.35. The highest BCUT2D eigenvalue weighted by Crippen LogP contribution is 2.11. The van der Waals surface area contributed by atoms with Crippen molar-refractivity contribution in [3.8, 4) is 0 Å². The van der Waals surface area contributed by atoms with Gasteiger partial charge in [0, 0.05) is 19.1 Å². The molecule has 1 aromatic rings. The van der Waals surface area contributed by atoms with Gasteiger partial charge >= 0.3 is 0 Å². The third-order valence-electron chi connectivity index (χ3n) is 3.73. The Morgan fingerprint density at radius 1 is 1.32 bits per heavy atom. The van der Waals surface area contributed by atoms with Crippen LogP contribution in [0.4, 0.5) is 8.78 Å². The molecule has 0 bridgehead atoms. The van der Waals surface area contributed by atoms with Crippen LogP contribution >= 0.6 is 0 Å². The molecule has 0 aliphatic carbocycles. The summed E-state index contributed by atoms with van der Waals surface area (Å²) in [6.07, 6.45) is 1.27. The van der Waals surface area contributed by atoms with Gasteiger partial charge in [0.15, 0.2) is 11.6 Å². The molecular weight excluding hydrogens is 290 g/mol. The van der Waals surface area contributed by atoms with Crippen LogP contribution in [0, 0.1) is 11.6 Å². The molecule has 1 aliphatic rings. The van der Waals surface area contributed by atoms with Gasteiger partial charge in [-0.05, 0) is 37.5 Å². The zero-order valence-electron chi connectivity index (χ0n) is 12.8. The predicted molar refractivity (Wildman–Crippen MR) is 79.5 cm³/mol. The lowest BCUT2D eigenvalue weighted by Crippen LogP contribution is -2.45. The maximum atomic E-state index is 13.1. The van der Waals surface area contributed by atoms with Crippen LogP contribution in [0.5, 0.6) is 0 Å². The van der Waals surface area contributed by atoms with Crippen LogP contribution in [0.15, 0.2) is 18.2 Å². The number of nitrogens with one attached hydrogen (secondary N) is 1. The zero-order chi connectivity index (χ0) is 15.9. The fraction of sp³-hybridized carbons (Fsp3) is 0.562. The summed E-state index contributed by atoms with van der Waals surface area (Å²) >= 11 is 0. The van der Waals surface area contributed by atoms with Crippen LogP contribution in [-0.4, -0.2) is 49.7 Å². The van der Waals surface area contributed by atoms with Crippen molar-refractivity contribution in [2.24, 2.45) is 0 Å². The van der Waals surface area contributed by atoms with Crippen LogP contribution in [0.1, 0.15) is 18.9 Å². The standard InChI is InChI=1S/C16H22F2N2O2/c1-12(2-3-13-4-5-14(17)15(18)10-13)19-16(21)11-20-6-8-22-9-7-20/h4-5,10,12H,2-3,6-9,11H2,1H3,(H,19,21). The number of benzene rings is 1. The van der Waals surface area contributed by atoms with E-state index in [2.05, 4.69) is 10.2 Å². The topological polar surface area (TPSA) is 41.6 Å².